The van der Waals surface area contributed by atoms with E-state index in [0.29, 0.717) is 17.0 Å². The minimum atomic E-state index is -0.860. The Balaban J connectivity index is 2.44. The summed E-state index contributed by atoms with van der Waals surface area (Å²) in [5.41, 5.74) is 0.661. The van der Waals surface area contributed by atoms with Crippen molar-refractivity contribution in [3.05, 3.63) is 28.7 Å². The van der Waals surface area contributed by atoms with Gasteiger partial charge < -0.3 is 14.9 Å². The van der Waals surface area contributed by atoms with E-state index in [9.17, 15) is 9.90 Å². The van der Waals surface area contributed by atoms with Gasteiger partial charge in [0, 0.05) is 12.6 Å². The molecule has 2 aromatic rings. The van der Waals surface area contributed by atoms with E-state index in [2.05, 4.69) is 9.97 Å². The first kappa shape index (κ1) is 13.4. The van der Waals surface area contributed by atoms with Crippen LogP contribution in [-0.4, -0.2) is 44.6 Å². The van der Waals surface area contributed by atoms with E-state index < -0.39 is 6.10 Å². The second kappa shape index (κ2) is 5.77. The molecule has 0 spiro atoms. The molecule has 0 saturated heterocycles. The molecule has 0 amide bonds. The van der Waals surface area contributed by atoms with Crippen molar-refractivity contribution in [2.24, 2.45) is 0 Å². The van der Waals surface area contributed by atoms with Crippen LogP contribution < -0.4 is 10.3 Å². The Kier molecular flexibility index (Phi) is 4.08. The van der Waals surface area contributed by atoms with E-state index in [1.165, 1.54) is 17.9 Å². The fourth-order valence-corrected chi connectivity index (χ4v) is 1.72. The highest BCUT2D eigenvalue weighted by molar-refractivity contribution is 5.70. The maximum atomic E-state index is 11.8. The van der Waals surface area contributed by atoms with Crippen molar-refractivity contribution in [1.29, 1.82) is 0 Å². The molecule has 0 aromatic carbocycles. The number of aliphatic hydroxyl groups is 2. The molecule has 2 rings (SSSR count). The summed E-state index contributed by atoms with van der Waals surface area (Å²) in [5.74, 6) is 0.386. The van der Waals surface area contributed by atoms with Crippen LogP contribution in [0.3, 0.4) is 0 Å². The zero-order valence-electron chi connectivity index (χ0n) is 10.5. The molecule has 2 aromatic heterocycles. The van der Waals surface area contributed by atoms with Gasteiger partial charge >= 0.3 is 0 Å². The van der Waals surface area contributed by atoms with Crippen molar-refractivity contribution in [1.82, 2.24) is 14.5 Å². The molecule has 0 aliphatic rings. The van der Waals surface area contributed by atoms with Gasteiger partial charge in [0.25, 0.3) is 5.56 Å². The molecule has 2 N–H and O–H groups in total. The smallest absolute Gasteiger partial charge is 0.270 e. The van der Waals surface area contributed by atoms with Gasteiger partial charge in [0.2, 0.25) is 5.88 Å². The van der Waals surface area contributed by atoms with Crippen molar-refractivity contribution in [3.8, 4) is 5.88 Å². The molecule has 0 aliphatic heterocycles. The fraction of sp³-hybridized carbons (Fsp3) is 0.417. The summed E-state index contributed by atoms with van der Waals surface area (Å²) in [6, 6.07) is 3.37. The Labute approximate surface area is 109 Å². The maximum absolute atomic E-state index is 11.8. The van der Waals surface area contributed by atoms with Crippen LogP contribution in [-0.2, 0) is 6.54 Å². The first-order valence-electron chi connectivity index (χ1n) is 5.85. The number of hydrogen-bond acceptors (Lipinski definition) is 6. The number of ether oxygens (including phenoxy) is 1. The van der Waals surface area contributed by atoms with Crippen molar-refractivity contribution in [2.75, 3.05) is 13.7 Å². The summed E-state index contributed by atoms with van der Waals surface area (Å²) in [4.78, 5) is 20.0. The van der Waals surface area contributed by atoms with Crippen molar-refractivity contribution < 1.29 is 14.9 Å². The monoisotopic (exact) mass is 265 g/mol. The third kappa shape index (κ3) is 2.88. The molecule has 0 unspecified atom stereocenters. The predicted octanol–water partition coefficient (Wildman–Crippen LogP) is -0.457. The lowest BCUT2D eigenvalue weighted by atomic mass is 10.2. The first-order valence-corrected chi connectivity index (χ1v) is 5.85. The minimum Gasteiger partial charge on any atom is -0.481 e. The highest BCUT2D eigenvalue weighted by atomic mass is 16.5. The number of rotatable bonds is 5. The summed E-state index contributed by atoms with van der Waals surface area (Å²) < 4.78 is 6.43. The Hall–Kier alpha value is -1.99. The lowest BCUT2D eigenvalue weighted by Crippen LogP contribution is -2.24. The van der Waals surface area contributed by atoms with Gasteiger partial charge in [-0.15, -0.1) is 0 Å². The predicted molar refractivity (Wildman–Crippen MR) is 68.1 cm³/mol. The van der Waals surface area contributed by atoms with Crippen LogP contribution in [0.5, 0.6) is 5.88 Å². The molecular formula is C12H15N3O4. The topological polar surface area (TPSA) is 97.5 Å². The third-order valence-corrected chi connectivity index (χ3v) is 2.77. The third-order valence-electron chi connectivity index (χ3n) is 2.77. The second-order valence-electron chi connectivity index (χ2n) is 4.07. The maximum Gasteiger partial charge on any atom is 0.270 e. The normalized spacial score (nSPS) is 12.6. The molecule has 7 heteroatoms. The second-order valence-corrected chi connectivity index (χ2v) is 4.07. The van der Waals surface area contributed by atoms with Gasteiger partial charge in [0.05, 0.1) is 26.0 Å². The lowest BCUT2D eigenvalue weighted by Gasteiger charge is -2.11. The average Bonchev–Trinajstić information content (AvgIpc) is 2.45. The Morgan fingerprint density at radius 3 is 2.95 bits per heavy atom. The van der Waals surface area contributed by atoms with Crippen LogP contribution in [0.4, 0.5) is 0 Å². The van der Waals surface area contributed by atoms with Gasteiger partial charge in [0.1, 0.15) is 5.52 Å². The zero-order chi connectivity index (χ0) is 13.8. The van der Waals surface area contributed by atoms with E-state index in [0.717, 1.165) is 0 Å². The minimum absolute atomic E-state index is 0.250. The highest BCUT2D eigenvalue weighted by Gasteiger charge is 2.09. The van der Waals surface area contributed by atoms with E-state index in [1.54, 1.807) is 12.1 Å². The van der Waals surface area contributed by atoms with Gasteiger partial charge in [-0.3, -0.25) is 9.36 Å². The standard InChI is InChI=1S/C12H15N3O4/c1-19-10-3-2-9-12(14-10)15(11(18)6-13-9)5-4-8(17)7-16/h2-3,6,8,16-17H,4-5,7H2,1H3/t8-/m1/s1. The van der Waals surface area contributed by atoms with Gasteiger partial charge in [-0.1, -0.05) is 0 Å². The van der Waals surface area contributed by atoms with E-state index in [4.69, 9.17) is 9.84 Å². The molecule has 102 valence electrons. The number of aliphatic hydroxyl groups excluding tert-OH is 2. The molecule has 7 nitrogen and oxygen atoms in total. The Morgan fingerprint density at radius 1 is 1.47 bits per heavy atom. The Morgan fingerprint density at radius 2 is 2.26 bits per heavy atom. The number of methoxy groups -OCH3 is 1. The van der Waals surface area contributed by atoms with Crippen LogP contribution in [0.15, 0.2) is 23.1 Å². The average molecular weight is 265 g/mol. The van der Waals surface area contributed by atoms with E-state index >= 15 is 0 Å². The van der Waals surface area contributed by atoms with Crippen LogP contribution in [0.1, 0.15) is 6.42 Å². The number of aromatic nitrogens is 3. The number of fused-ring (bicyclic) bond motifs is 1. The van der Waals surface area contributed by atoms with Gasteiger partial charge in [0.15, 0.2) is 5.65 Å². The highest BCUT2D eigenvalue weighted by Crippen LogP contribution is 2.13. The van der Waals surface area contributed by atoms with Crippen LogP contribution in [0, 0.1) is 0 Å². The molecule has 0 aliphatic carbocycles. The van der Waals surface area contributed by atoms with Crippen molar-refractivity contribution in [2.45, 2.75) is 19.1 Å². The molecule has 0 radical (unpaired) electrons. The lowest BCUT2D eigenvalue weighted by molar-refractivity contribution is 0.0846. The summed E-state index contributed by atoms with van der Waals surface area (Å²) >= 11 is 0. The zero-order valence-corrected chi connectivity index (χ0v) is 10.5. The van der Waals surface area contributed by atoms with Crippen LogP contribution >= 0.6 is 0 Å². The summed E-state index contributed by atoms with van der Waals surface area (Å²) in [6.07, 6.45) is 0.608. The molecule has 0 bridgehead atoms. The van der Waals surface area contributed by atoms with E-state index in [-0.39, 0.29) is 25.1 Å². The summed E-state index contributed by atoms with van der Waals surface area (Å²) in [5, 5.41) is 18.1. The van der Waals surface area contributed by atoms with Crippen LogP contribution in [0.2, 0.25) is 0 Å². The van der Waals surface area contributed by atoms with E-state index in [1.807, 2.05) is 0 Å². The van der Waals surface area contributed by atoms with Gasteiger partial charge in [-0.2, -0.15) is 4.98 Å². The van der Waals surface area contributed by atoms with Crippen molar-refractivity contribution in [3.63, 3.8) is 0 Å². The summed E-state index contributed by atoms with van der Waals surface area (Å²) in [6.45, 7) is -0.0890. The quantitative estimate of drug-likeness (QED) is 0.759. The molecule has 2 heterocycles. The summed E-state index contributed by atoms with van der Waals surface area (Å²) in [7, 11) is 1.49. The van der Waals surface area contributed by atoms with Crippen molar-refractivity contribution >= 4 is 11.2 Å². The molecule has 0 saturated carbocycles. The van der Waals surface area contributed by atoms with Gasteiger partial charge in [-0.05, 0) is 12.5 Å². The molecule has 19 heavy (non-hydrogen) atoms. The molecule has 1 atom stereocenters. The molecular weight excluding hydrogens is 250 g/mol. The fourth-order valence-electron chi connectivity index (χ4n) is 1.72. The Bertz CT molecular complexity index is 626. The van der Waals surface area contributed by atoms with Gasteiger partial charge in [-0.25, -0.2) is 4.98 Å². The number of pyridine rings is 1. The SMILES string of the molecule is COc1ccc2ncc(=O)n(CC[C@@H](O)CO)c2n1. The number of hydrogen-bond donors (Lipinski definition) is 2. The first-order chi connectivity index (χ1) is 9.15. The molecule has 0 fully saturated rings. The largest absolute Gasteiger partial charge is 0.481 e. The number of nitrogens with zero attached hydrogens (tertiary/aromatic N) is 3. The number of aryl methyl sites for hydroxylation is 1. The van der Waals surface area contributed by atoms with Crippen LogP contribution in [0.25, 0.3) is 11.2 Å².